The summed E-state index contributed by atoms with van der Waals surface area (Å²) in [5.74, 6) is 0.0732. The summed E-state index contributed by atoms with van der Waals surface area (Å²) in [7, 11) is 0. The number of thiazole rings is 1. The normalized spacial score (nSPS) is 18.9. The van der Waals surface area contributed by atoms with Crippen LogP contribution in [0.25, 0.3) is 0 Å². The third kappa shape index (κ3) is 3.57. The van der Waals surface area contributed by atoms with Crippen LogP contribution in [0.15, 0.2) is 24.3 Å². The molecule has 4 rings (SSSR count). The summed E-state index contributed by atoms with van der Waals surface area (Å²) in [6.07, 6.45) is 2.30. The van der Waals surface area contributed by atoms with Crippen molar-refractivity contribution in [2.24, 2.45) is 5.41 Å². The molecule has 1 aromatic carbocycles. The Morgan fingerprint density at radius 2 is 2.04 bits per heavy atom. The zero-order chi connectivity index (χ0) is 18.3. The maximum Gasteiger partial charge on any atom is 0.240 e. The van der Waals surface area contributed by atoms with Gasteiger partial charge in [-0.25, -0.2) is 4.98 Å². The molecule has 2 heterocycles. The zero-order valence-corrected chi connectivity index (χ0v) is 16.0. The molecule has 1 aliphatic carbocycles. The Bertz CT molecular complexity index is 872. The molecule has 5 nitrogen and oxygen atoms in total. The van der Waals surface area contributed by atoms with Crippen LogP contribution in [0, 0.1) is 5.41 Å². The van der Waals surface area contributed by atoms with E-state index in [0.29, 0.717) is 23.0 Å². The highest BCUT2D eigenvalue weighted by molar-refractivity contribution is 7.17. The Labute approximate surface area is 157 Å². The smallest absolute Gasteiger partial charge is 0.240 e. The molecule has 0 fully saturated rings. The number of anilines is 1. The summed E-state index contributed by atoms with van der Waals surface area (Å²) in [6, 6.07) is 8.39. The fraction of sp³-hybridized carbons (Fsp3) is 0.450. The van der Waals surface area contributed by atoms with Crippen molar-refractivity contribution in [2.75, 3.05) is 18.4 Å². The number of rotatable bonds is 3. The molecule has 0 saturated heterocycles. The van der Waals surface area contributed by atoms with Gasteiger partial charge in [0.1, 0.15) is 0 Å². The van der Waals surface area contributed by atoms with Gasteiger partial charge in [-0.2, -0.15) is 0 Å². The van der Waals surface area contributed by atoms with Gasteiger partial charge in [0.15, 0.2) is 10.9 Å². The van der Waals surface area contributed by atoms with Crippen molar-refractivity contribution in [3.8, 4) is 0 Å². The third-order valence-corrected chi connectivity index (χ3v) is 6.11. The predicted octanol–water partition coefficient (Wildman–Crippen LogP) is 3.30. The van der Waals surface area contributed by atoms with E-state index in [2.05, 4.69) is 47.2 Å². The van der Waals surface area contributed by atoms with E-state index in [1.165, 1.54) is 22.5 Å². The van der Waals surface area contributed by atoms with Crippen molar-refractivity contribution in [3.05, 3.63) is 46.0 Å². The van der Waals surface area contributed by atoms with Crippen molar-refractivity contribution in [1.82, 2.24) is 9.88 Å². The van der Waals surface area contributed by atoms with Crippen LogP contribution < -0.4 is 5.32 Å². The summed E-state index contributed by atoms with van der Waals surface area (Å²) in [5, 5.41) is 3.44. The fourth-order valence-electron chi connectivity index (χ4n) is 3.82. The summed E-state index contributed by atoms with van der Waals surface area (Å²) in [4.78, 5) is 32.1. The summed E-state index contributed by atoms with van der Waals surface area (Å²) in [6.45, 7) is 6.19. The number of amides is 1. The SMILES string of the molecule is CC1(C)CC(=O)c2sc(NC(=O)CN3CCc4ccccc4C3)nc2C1. The van der Waals surface area contributed by atoms with E-state index in [1.54, 1.807) is 0 Å². The van der Waals surface area contributed by atoms with E-state index in [0.717, 1.165) is 31.6 Å². The predicted molar refractivity (Wildman–Crippen MR) is 103 cm³/mol. The number of fused-ring (bicyclic) bond motifs is 2. The van der Waals surface area contributed by atoms with Crippen LogP contribution in [0.4, 0.5) is 5.13 Å². The molecule has 0 spiro atoms. The molecular weight excluding hydrogens is 346 g/mol. The first-order chi connectivity index (χ1) is 12.4. The van der Waals surface area contributed by atoms with Crippen LogP contribution in [0.2, 0.25) is 0 Å². The van der Waals surface area contributed by atoms with Crippen LogP contribution >= 0.6 is 11.3 Å². The van der Waals surface area contributed by atoms with Crippen molar-refractivity contribution in [1.29, 1.82) is 0 Å². The van der Waals surface area contributed by atoms with Gasteiger partial charge in [0.05, 0.1) is 17.1 Å². The van der Waals surface area contributed by atoms with E-state index in [-0.39, 0.29) is 17.1 Å². The number of ketones is 1. The average Bonchev–Trinajstić information content (AvgIpc) is 2.95. The number of hydrogen-bond donors (Lipinski definition) is 1. The second kappa shape index (κ2) is 6.59. The highest BCUT2D eigenvalue weighted by Crippen LogP contribution is 2.38. The van der Waals surface area contributed by atoms with Gasteiger partial charge in [-0.1, -0.05) is 49.4 Å². The lowest BCUT2D eigenvalue weighted by molar-refractivity contribution is -0.117. The molecule has 1 amide bonds. The van der Waals surface area contributed by atoms with Crippen LogP contribution in [0.1, 0.15) is 46.8 Å². The molecule has 2 aliphatic rings. The van der Waals surface area contributed by atoms with Crippen molar-refractivity contribution in [3.63, 3.8) is 0 Å². The second-order valence-corrected chi connectivity index (χ2v) is 9.01. The first kappa shape index (κ1) is 17.4. The van der Waals surface area contributed by atoms with Crippen molar-refractivity contribution < 1.29 is 9.59 Å². The Morgan fingerprint density at radius 3 is 2.85 bits per heavy atom. The van der Waals surface area contributed by atoms with Gasteiger partial charge in [-0.15, -0.1) is 0 Å². The van der Waals surface area contributed by atoms with Crippen LogP contribution in [0.5, 0.6) is 0 Å². The topological polar surface area (TPSA) is 62.3 Å². The van der Waals surface area contributed by atoms with E-state index in [9.17, 15) is 9.59 Å². The van der Waals surface area contributed by atoms with Gasteiger partial charge in [-0.3, -0.25) is 14.5 Å². The van der Waals surface area contributed by atoms with Gasteiger partial charge in [0.2, 0.25) is 5.91 Å². The number of carbonyl (C=O) groups is 2. The van der Waals surface area contributed by atoms with Crippen LogP contribution in [0.3, 0.4) is 0 Å². The highest BCUT2D eigenvalue weighted by Gasteiger charge is 2.34. The number of benzene rings is 1. The molecule has 26 heavy (non-hydrogen) atoms. The third-order valence-electron chi connectivity index (χ3n) is 5.06. The molecular formula is C20H23N3O2S. The zero-order valence-electron chi connectivity index (χ0n) is 15.2. The Hall–Kier alpha value is -2.05. The van der Waals surface area contributed by atoms with E-state index >= 15 is 0 Å². The van der Waals surface area contributed by atoms with Gasteiger partial charge in [0, 0.05) is 19.5 Å². The molecule has 1 aliphatic heterocycles. The quantitative estimate of drug-likeness (QED) is 0.902. The maximum absolute atomic E-state index is 12.4. The lowest BCUT2D eigenvalue weighted by Crippen LogP contribution is -2.37. The maximum atomic E-state index is 12.4. The minimum atomic E-state index is -0.0674. The first-order valence-electron chi connectivity index (χ1n) is 9.01. The first-order valence-corrected chi connectivity index (χ1v) is 9.83. The lowest BCUT2D eigenvalue weighted by Gasteiger charge is -2.27. The van der Waals surface area contributed by atoms with Gasteiger partial charge >= 0.3 is 0 Å². The van der Waals surface area contributed by atoms with Crippen molar-refractivity contribution in [2.45, 2.75) is 39.7 Å². The molecule has 1 aromatic heterocycles. The molecule has 2 aromatic rings. The number of nitrogens with zero attached hydrogens (tertiary/aromatic N) is 2. The van der Waals surface area contributed by atoms with Gasteiger partial charge in [-0.05, 0) is 29.4 Å². The molecule has 0 atom stereocenters. The standard InChI is InChI=1S/C20H23N3O2S/c1-20(2)9-15-18(16(24)10-20)26-19(21-15)22-17(25)12-23-8-7-13-5-3-4-6-14(13)11-23/h3-6H,7-12H2,1-2H3,(H,21,22,25). The van der Waals surface area contributed by atoms with Crippen LogP contribution in [-0.4, -0.2) is 34.7 Å². The Balaban J connectivity index is 1.40. The molecule has 1 N–H and O–H groups in total. The van der Waals surface area contributed by atoms with Crippen LogP contribution in [-0.2, 0) is 24.2 Å². The molecule has 0 bridgehead atoms. The number of nitrogens with one attached hydrogen (secondary N) is 1. The largest absolute Gasteiger partial charge is 0.301 e. The molecule has 0 unspecified atom stereocenters. The minimum Gasteiger partial charge on any atom is -0.301 e. The fourth-order valence-corrected chi connectivity index (χ4v) is 4.76. The van der Waals surface area contributed by atoms with Gasteiger partial charge < -0.3 is 5.32 Å². The van der Waals surface area contributed by atoms with E-state index in [4.69, 9.17) is 0 Å². The molecule has 0 saturated carbocycles. The van der Waals surface area contributed by atoms with Gasteiger partial charge in [0.25, 0.3) is 0 Å². The number of aromatic nitrogens is 1. The monoisotopic (exact) mass is 369 g/mol. The summed E-state index contributed by atoms with van der Waals surface area (Å²) in [5.41, 5.74) is 3.45. The number of carbonyl (C=O) groups excluding carboxylic acids is 2. The molecule has 0 radical (unpaired) electrons. The molecule has 136 valence electrons. The minimum absolute atomic E-state index is 0.0549. The summed E-state index contributed by atoms with van der Waals surface area (Å²) >= 11 is 1.31. The number of Topliss-reactive ketones (excluding diaryl/α,β-unsaturated/α-hetero) is 1. The highest BCUT2D eigenvalue weighted by atomic mass is 32.1. The Morgan fingerprint density at radius 1 is 1.27 bits per heavy atom. The van der Waals surface area contributed by atoms with Crippen molar-refractivity contribution >= 4 is 28.2 Å². The lowest BCUT2D eigenvalue weighted by atomic mass is 9.78. The Kier molecular flexibility index (Phi) is 4.40. The molecule has 6 heteroatoms. The van der Waals surface area contributed by atoms with E-state index in [1.807, 2.05) is 6.07 Å². The average molecular weight is 369 g/mol. The van der Waals surface area contributed by atoms with E-state index < -0.39 is 0 Å². The second-order valence-electron chi connectivity index (χ2n) is 8.01. The number of hydrogen-bond acceptors (Lipinski definition) is 5. The summed E-state index contributed by atoms with van der Waals surface area (Å²) < 4.78 is 0.